The maximum atomic E-state index is 5.60. The SMILES string of the molecule is C=CCOc1ccc(-c2nc3ccccc3n2Cc2cccc(C)c2)cc1. The third-order valence-electron chi connectivity index (χ3n) is 4.56. The standard InChI is InChI=1S/C24H22N2O/c1-3-15-27-21-13-11-20(12-14-21)24-25-22-9-4-5-10-23(22)26(24)17-19-8-6-7-18(2)16-19/h3-14,16H,1,15,17H2,2H3. The van der Waals surface area contributed by atoms with Crippen LogP contribution in [0.15, 0.2) is 85.5 Å². The summed E-state index contributed by atoms with van der Waals surface area (Å²) in [5, 5.41) is 0. The summed E-state index contributed by atoms with van der Waals surface area (Å²) in [7, 11) is 0. The van der Waals surface area contributed by atoms with Crippen LogP contribution in [-0.4, -0.2) is 16.2 Å². The Labute approximate surface area is 159 Å². The van der Waals surface area contributed by atoms with Crippen LogP contribution in [-0.2, 0) is 6.54 Å². The largest absolute Gasteiger partial charge is 0.490 e. The van der Waals surface area contributed by atoms with Crippen molar-refractivity contribution < 1.29 is 4.74 Å². The van der Waals surface area contributed by atoms with E-state index in [9.17, 15) is 0 Å². The summed E-state index contributed by atoms with van der Waals surface area (Å²) in [6.07, 6.45) is 1.75. The van der Waals surface area contributed by atoms with Crippen LogP contribution in [0, 0.1) is 6.92 Å². The summed E-state index contributed by atoms with van der Waals surface area (Å²) in [6, 6.07) is 25.0. The van der Waals surface area contributed by atoms with Gasteiger partial charge in [-0.2, -0.15) is 0 Å². The number of nitrogens with zero attached hydrogens (tertiary/aromatic N) is 2. The average molecular weight is 354 g/mol. The number of hydrogen-bond acceptors (Lipinski definition) is 2. The number of benzene rings is 3. The highest BCUT2D eigenvalue weighted by Gasteiger charge is 2.13. The molecule has 0 amide bonds. The third-order valence-corrected chi connectivity index (χ3v) is 4.56. The summed E-state index contributed by atoms with van der Waals surface area (Å²) in [5.74, 6) is 1.80. The lowest BCUT2D eigenvalue weighted by Gasteiger charge is -2.11. The predicted octanol–water partition coefficient (Wildman–Crippen LogP) is 5.62. The Bertz CT molecular complexity index is 1080. The zero-order valence-electron chi connectivity index (χ0n) is 15.4. The molecule has 134 valence electrons. The maximum absolute atomic E-state index is 5.60. The number of imidazole rings is 1. The summed E-state index contributed by atoms with van der Waals surface area (Å²) < 4.78 is 7.88. The topological polar surface area (TPSA) is 27.1 Å². The number of aryl methyl sites for hydroxylation is 1. The highest BCUT2D eigenvalue weighted by Crippen LogP contribution is 2.27. The van der Waals surface area contributed by atoms with Gasteiger partial charge in [-0.05, 0) is 48.9 Å². The molecule has 3 aromatic carbocycles. The molecule has 0 saturated carbocycles. The molecule has 0 bridgehead atoms. The summed E-state index contributed by atoms with van der Waals surface area (Å²) in [6.45, 7) is 7.10. The highest BCUT2D eigenvalue weighted by atomic mass is 16.5. The normalized spacial score (nSPS) is 10.9. The van der Waals surface area contributed by atoms with Crippen molar-refractivity contribution in [2.24, 2.45) is 0 Å². The van der Waals surface area contributed by atoms with Gasteiger partial charge in [0.25, 0.3) is 0 Å². The lowest BCUT2D eigenvalue weighted by atomic mass is 10.1. The highest BCUT2D eigenvalue weighted by molar-refractivity contribution is 5.80. The minimum atomic E-state index is 0.505. The lowest BCUT2D eigenvalue weighted by Crippen LogP contribution is -2.02. The van der Waals surface area contributed by atoms with E-state index >= 15 is 0 Å². The van der Waals surface area contributed by atoms with Crippen molar-refractivity contribution in [2.45, 2.75) is 13.5 Å². The van der Waals surface area contributed by atoms with Crippen molar-refractivity contribution in [3.8, 4) is 17.1 Å². The average Bonchev–Trinajstić information content (AvgIpc) is 3.05. The monoisotopic (exact) mass is 354 g/mol. The van der Waals surface area contributed by atoms with Crippen LogP contribution in [0.2, 0.25) is 0 Å². The number of para-hydroxylation sites is 2. The van der Waals surface area contributed by atoms with Crippen LogP contribution in [0.25, 0.3) is 22.4 Å². The van der Waals surface area contributed by atoms with Crippen molar-refractivity contribution in [2.75, 3.05) is 6.61 Å². The number of aromatic nitrogens is 2. The number of ether oxygens (including phenoxy) is 1. The molecule has 3 heteroatoms. The third kappa shape index (κ3) is 3.63. The molecule has 0 radical (unpaired) electrons. The van der Waals surface area contributed by atoms with Crippen LogP contribution in [0.5, 0.6) is 5.75 Å². The molecule has 0 N–H and O–H groups in total. The minimum Gasteiger partial charge on any atom is -0.490 e. The van der Waals surface area contributed by atoms with E-state index in [4.69, 9.17) is 9.72 Å². The van der Waals surface area contributed by atoms with E-state index in [1.54, 1.807) is 6.08 Å². The van der Waals surface area contributed by atoms with Gasteiger partial charge < -0.3 is 9.30 Å². The van der Waals surface area contributed by atoms with E-state index in [2.05, 4.69) is 72.7 Å². The lowest BCUT2D eigenvalue weighted by molar-refractivity contribution is 0.363. The van der Waals surface area contributed by atoms with Gasteiger partial charge in [-0.3, -0.25) is 0 Å². The molecular formula is C24H22N2O. The van der Waals surface area contributed by atoms with Crippen molar-refractivity contribution >= 4 is 11.0 Å². The van der Waals surface area contributed by atoms with Crippen molar-refractivity contribution in [3.05, 3.63) is 96.6 Å². The van der Waals surface area contributed by atoms with Gasteiger partial charge in [0.05, 0.1) is 11.0 Å². The van der Waals surface area contributed by atoms with E-state index in [0.29, 0.717) is 6.61 Å². The molecule has 0 spiro atoms. The first-order valence-corrected chi connectivity index (χ1v) is 9.09. The molecule has 4 aromatic rings. The van der Waals surface area contributed by atoms with Gasteiger partial charge in [0.2, 0.25) is 0 Å². The summed E-state index contributed by atoms with van der Waals surface area (Å²) in [5.41, 5.74) is 5.76. The second-order valence-electron chi connectivity index (χ2n) is 6.62. The molecule has 0 atom stereocenters. The van der Waals surface area contributed by atoms with Gasteiger partial charge in [0, 0.05) is 12.1 Å². The Balaban J connectivity index is 1.77. The fourth-order valence-corrected chi connectivity index (χ4v) is 3.30. The van der Waals surface area contributed by atoms with Gasteiger partial charge >= 0.3 is 0 Å². The minimum absolute atomic E-state index is 0.505. The van der Waals surface area contributed by atoms with Crippen LogP contribution in [0.4, 0.5) is 0 Å². The fourth-order valence-electron chi connectivity index (χ4n) is 3.30. The van der Waals surface area contributed by atoms with Crippen molar-refractivity contribution in [1.29, 1.82) is 0 Å². The molecule has 0 fully saturated rings. The van der Waals surface area contributed by atoms with Gasteiger partial charge in [0.15, 0.2) is 0 Å². The summed E-state index contributed by atoms with van der Waals surface area (Å²) in [4.78, 5) is 4.90. The van der Waals surface area contributed by atoms with Gasteiger partial charge in [-0.15, -0.1) is 0 Å². The molecular weight excluding hydrogens is 332 g/mol. The molecule has 27 heavy (non-hydrogen) atoms. The quantitative estimate of drug-likeness (QED) is 0.420. The Morgan fingerprint density at radius 1 is 1.00 bits per heavy atom. The Morgan fingerprint density at radius 3 is 2.59 bits per heavy atom. The Kier molecular flexibility index (Phi) is 4.75. The summed E-state index contributed by atoms with van der Waals surface area (Å²) >= 11 is 0. The molecule has 1 aromatic heterocycles. The second kappa shape index (κ2) is 7.50. The zero-order chi connectivity index (χ0) is 18.6. The van der Waals surface area contributed by atoms with Gasteiger partial charge in [0.1, 0.15) is 18.2 Å². The number of fused-ring (bicyclic) bond motifs is 1. The fraction of sp³-hybridized carbons (Fsp3) is 0.125. The second-order valence-corrected chi connectivity index (χ2v) is 6.62. The van der Waals surface area contributed by atoms with E-state index in [0.717, 1.165) is 34.7 Å². The molecule has 0 aliphatic carbocycles. The number of hydrogen-bond donors (Lipinski definition) is 0. The molecule has 3 nitrogen and oxygen atoms in total. The van der Waals surface area contributed by atoms with E-state index in [1.807, 2.05) is 18.2 Å². The predicted molar refractivity (Wildman–Crippen MR) is 111 cm³/mol. The number of rotatable bonds is 6. The first-order chi connectivity index (χ1) is 13.2. The molecule has 0 aliphatic rings. The van der Waals surface area contributed by atoms with Crippen molar-refractivity contribution in [1.82, 2.24) is 9.55 Å². The van der Waals surface area contributed by atoms with E-state index in [-0.39, 0.29) is 0 Å². The van der Waals surface area contributed by atoms with Crippen LogP contribution < -0.4 is 4.74 Å². The first kappa shape index (κ1) is 17.1. The molecule has 0 unspecified atom stereocenters. The van der Waals surface area contributed by atoms with E-state index in [1.165, 1.54) is 11.1 Å². The smallest absolute Gasteiger partial charge is 0.141 e. The Hall–Kier alpha value is -3.33. The maximum Gasteiger partial charge on any atom is 0.141 e. The Morgan fingerprint density at radius 2 is 1.81 bits per heavy atom. The van der Waals surface area contributed by atoms with Gasteiger partial charge in [-0.25, -0.2) is 4.98 Å². The van der Waals surface area contributed by atoms with Crippen LogP contribution in [0.1, 0.15) is 11.1 Å². The van der Waals surface area contributed by atoms with Gasteiger partial charge in [-0.1, -0.05) is 54.6 Å². The molecule has 1 heterocycles. The van der Waals surface area contributed by atoms with Crippen LogP contribution >= 0.6 is 0 Å². The molecule has 0 saturated heterocycles. The zero-order valence-corrected chi connectivity index (χ0v) is 15.4. The molecule has 4 rings (SSSR count). The molecule has 0 aliphatic heterocycles. The first-order valence-electron chi connectivity index (χ1n) is 9.09. The van der Waals surface area contributed by atoms with Crippen LogP contribution in [0.3, 0.4) is 0 Å². The van der Waals surface area contributed by atoms with E-state index < -0.39 is 0 Å². The van der Waals surface area contributed by atoms with Crippen molar-refractivity contribution in [3.63, 3.8) is 0 Å².